The number of nitrogens with zero attached hydrogens (tertiary/aromatic N) is 1. The quantitative estimate of drug-likeness (QED) is 0.834. The highest BCUT2D eigenvalue weighted by molar-refractivity contribution is 5.75. The average Bonchev–Trinajstić information content (AvgIpc) is 2.99. The van der Waals surface area contributed by atoms with Gasteiger partial charge >= 0.3 is 6.03 Å². The Morgan fingerprint density at radius 1 is 1.24 bits per heavy atom. The number of hydrogen-bond acceptors (Lipinski definition) is 2. The van der Waals surface area contributed by atoms with E-state index in [1.807, 2.05) is 18.2 Å². The molecule has 2 amide bonds. The van der Waals surface area contributed by atoms with Gasteiger partial charge in [0.05, 0.1) is 19.3 Å². The summed E-state index contributed by atoms with van der Waals surface area (Å²) in [5, 5.41) is 3.07. The van der Waals surface area contributed by atoms with Gasteiger partial charge in [0, 0.05) is 13.1 Å². The van der Waals surface area contributed by atoms with E-state index < -0.39 is 0 Å². The molecule has 1 spiro atoms. The van der Waals surface area contributed by atoms with Crippen LogP contribution in [0.25, 0.3) is 0 Å². The molecule has 4 nitrogen and oxygen atoms in total. The van der Waals surface area contributed by atoms with Gasteiger partial charge in [-0.2, -0.15) is 0 Å². The number of likely N-dealkylation sites (tertiary alicyclic amines) is 1. The van der Waals surface area contributed by atoms with Crippen LogP contribution >= 0.6 is 0 Å². The highest BCUT2D eigenvalue weighted by Crippen LogP contribution is 2.46. The Bertz CT molecular complexity index is 540. The van der Waals surface area contributed by atoms with Gasteiger partial charge < -0.3 is 15.0 Å². The largest absolute Gasteiger partial charge is 0.375 e. The third-order valence-electron chi connectivity index (χ3n) is 5.74. The number of carbonyl (C=O) groups is 1. The number of rotatable bonds is 6. The van der Waals surface area contributed by atoms with Crippen LogP contribution in [0.3, 0.4) is 0 Å². The van der Waals surface area contributed by atoms with Crippen molar-refractivity contribution < 1.29 is 9.53 Å². The summed E-state index contributed by atoms with van der Waals surface area (Å²) in [5.74, 6) is 0. The molecule has 1 aromatic rings. The zero-order chi connectivity index (χ0) is 17.5. The van der Waals surface area contributed by atoms with Crippen LogP contribution in [0.2, 0.25) is 0 Å². The van der Waals surface area contributed by atoms with Crippen molar-refractivity contribution in [3.63, 3.8) is 0 Å². The Morgan fingerprint density at radius 3 is 2.72 bits per heavy atom. The molecule has 1 aliphatic heterocycles. The van der Waals surface area contributed by atoms with E-state index in [1.165, 1.54) is 37.7 Å². The molecule has 1 saturated carbocycles. The van der Waals surface area contributed by atoms with Crippen LogP contribution < -0.4 is 5.32 Å². The van der Waals surface area contributed by atoms with Gasteiger partial charge in [-0.25, -0.2) is 4.79 Å². The van der Waals surface area contributed by atoms with Crippen LogP contribution in [0.15, 0.2) is 30.3 Å². The Hall–Kier alpha value is -1.55. The second-order valence-corrected chi connectivity index (χ2v) is 7.78. The molecule has 3 rings (SSSR count). The monoisotopic (exact) mass is 344 g/mol. The maximum absolute atomic E-state index is 12.6. The lowest BCUT2D eigenvalue weighted by atomic mass is 9.73. The van der Waals surface area contributed by atoms with Gasteiger partial charge in [-0.1, -0.05) is 56.5 Å². The van der Waals surface area contributed by atoms with E-state index in [2.05, 4.69) is 29.3 Å². The van der Waals surface area contributed by atoms with E-state index in [1.54, 1.807) is 0 Å². The number of nitrogens with one attached hydrogen (secondary N) is 1. The summed E-state index contributed by atoms with van der Waals surface area (Å²) in [6.07, 6.45) is 8.56. The van der Waals surface area contributed by atoms with E-state index in [-0.39, 0.29) is 12.1 Å². The summed E-state index contributed by atoms with van der Waals surface area (Å²) in [5.41, 5.74) is 1.53. The van der Waals surface area contributed by atoms with Crippen molar-refractivity contribution in [2.75, 3.05) is 19.7 Å². The van der Waals surface area contributed by atoms with Gasteiger partial charge in [0.15, 0.2) is 0 Å². The summed E-state index contributed by atoms with van der Waals surface area (Å²) in [7, 11) is 0. The topological polar surface area (TPSA) is 41.6 Å². The molecular formula is C21H32N2O2. The Balaban J connectivity index is 1.59. The number of amides is 2. The van der Waals surface area contributed by atoms with Gasteiger partial charge in [0.1, 0.15) is 0 Å². The minimum Gasteiger partial charge on any atom is -0.375 e. The third-order valence-corrected chi connectivity index (χ3v) is 5.74. The molecule has 25 heavy (non-hydrogen) atoms. The summed E-state index contributed by atoms with van der Waals surface area (Å²) < 4.78 is 6.00. The van der Waals surface area contributed by atoms with Crippen LogP contribution in [-0.4, -0.2) is 36.7 Å². The molecule has 1 unspecified atom stereocenters. The van der Waals surface area contributed by atoms with E-state index in [9.17, 15) is 4.79 Å². The molecule has 0 aromatic heterocycles. The van der Waals surface area contributed by atoms with E-state index in [0.717, 1.165) is 25.9 Å². The maximum atomic E-state index is 12.6. The zero-order valence-corrected chi connectivity index (χ0v) is 15.5. The van der Waals surface area contributed by atoms with E-state index in [0.29, 0.717) is 18.6 Å². The minimum atomic E-state index is 0.0950. The Labute approximate surface area is 151 Å². The highest BCUT2D eigenvalue weighted by Gasteiger charge is 2.46. The van der Waals surface area contributed by atoms with E-state index >= 15 is 0 Å². The molecule has 4 heteroatoms. The van der Waals surface area contributed by atoms with Crippen molar-refractivity contribution in [2.45, 2.75) is 64.5 Å². The Kier molecular flexibility index (Phi) is 6.35. The van der Waals surface area contributed by atoms with Gasteiger partial charge in [-0.3, -0.25) is 0 Å². The predicted molar refractivity (Wildman–Crippen MR) is 100 cm³/mol. The Morgan fingerprint density at radius 2 is 2.00 bits per heavy atom. The van der Waals surface area contributed by atoms with Crippen molar-refractivity contribution in [1.82, 2.24) is 10.2 Å². The van der Waals surface area contributed by atoms with Crippen LogP contribution in [0.1, 0.15) is 57.4 Å². The lowest BCUT2D eigenvalue weighted by molar-refractivity contribution is 0.0750. The fourth-order valence-electron chi connectivity index (χ4n) is 4.44. The molecule has 0 bridgehead atoms. The standard InChI is InChI=1S/C21H32N2O2/c1-2-13-22-20(24)23-17-21(11-7-4-8-12-21)14-19(23)16-25-15-18-9-5-3-6-10-18/h3,5-6,9-10,19H,2,4,7-8,11-17H2,1H3,(H,22,24). The lowest BCUT2D eigenvalue weighted by Crippen LogP contribution is -2.45. The SMILES string of the molecule is CCCNC(=O)N1CC2(CCCCC2)CC1COCc1ccccc1. The summed E-state index contributed by atoms with van der Waals surface area (Å²) in [6.45, 7) is 5.00. The first-order valence-corrected chi connectivity index (χ1v) is 9.89. The van der Waals surface area contributed by atoms with Gasteiger partial charge in [-0.15, -0.1) is 0 Å². The second kappa shape index (κ2) is 8.70. The molecule has 1 N–H and O–H groups in total. The van der Waals surface area contributed by atoms with Gasteiger partial charge in [-0.05, 0) is 36.7 Å². The molecule has 1 aliphatic carbocycles. The zero-order valence-electron chi connectivity index (χ0n) is 15.5. The van der Waals surface area contributed by atoms with Crippen LogP contribution in [-0.2, 0) is 11.3 Å². The molecule has 138 valence electrons. The van der Waals surface area contributed by atoms with Crippen molar-refractivity contribution in [2.24, 2.45) is 5.41 Å². The molecular weight excluding hydrogens is 312 g/mol. The first-order valence-electron chi connectivity index (χ1n) is 9.89. The molecule has 1 heterocycles. The average molecular weight is 344 g/mol. The first kappa shape index (κ1) is 18.2. The molecule has 1 aromatic carbocycles. The second-order valence-electron chi connectivity index (χ2n) is 7.78. The number of carbonyl (C=O) groups excluding carboxylic acids is 1. The van der Waals surface area contributed by atoms with Crippen molar-refractivity contribution in [3.8, 4) is 0 Å². The molecule has 0 radical (unpaired) electrons. The maximum Gasteiger partial charge on any atom is 0.317 e. The fourth-order valence-corrected chi connectivity index (χ4v) is 4.44. The van der Waals surface area contributed by atoms with Crippen molar-refractivity contribution in [3.05, 3.63) is 35.9 Å². The van der Waals surface area contributed by atoms with E-state index in [4.69, 9.17) is 4.74 Å². The number of ether oxygens (including phenoxy) is 1. The first-order chi connectivity index (χ1) is 12.2. The molecule has 1 atom stereocenters. The molecule has 2 aliphatic rings. The molecule has 2 fully saturated rings. The van der Waals surface area contributed by atoms with Crippen LogP contribution in [0.5, 0.6) is 0 Å². The summed E-state index contributed by atoms with van der Waals surface area (Å²) in [6, 6.07) is 10.6. The molecule has 1 saturated heterocycles. The number of urea groups is 1. The lowest BCUT2D eigenvalue weighted by Gasteiger charge is -2.33. The summed E-state index contributed by atoms with van der Waals surface area (Å²) in [4.78, 5) is 14.7. The minimum absolute atomic E-state index is 0.0950. The highest BCUT2D eigenvalue weighted by atomic mass is 16.5. The number of hydrogen-bond donors (Lipinski definition) is 1. The number of benzene rings is 1. The smallest absolute Gasteiger partial charge is 0.317 e. The van der Waals surface area contributed by atoms with Crippen LogP contribution in [0.4, 0.5) is 4.79 Å². The van der Waals surface area contributed by atoms with Gasteiger partial charge in [0.25, 0.3) is 0 Å². The summed E-state index contributed by atoms with van der Waals surface area (Å²) >= 11 is 0. The normalized spacial score (nSPS) is 22.3. The predicted octanol–water partition coefficient (Wildman–Crippen LogP) is 4.35. The third kappa shape index (κ3) is 4.75. The van der Waals surface area contributed by atoms with Crippen molar-refractivity contribution in [1.29, 1.82) is 0 Å². The fraction of sp³-hybridized carbons (Fsp3) is 0.667. The van der Waals surface area contributed by atoms with Crippen molar-refractivity contribution >= 4 is 6.03 Å². The van der Waals surface area contributed by atoms with Crippen LogP contribution in [0, 0.1) is 5.41 Å². The van der Waals surface area contributed by atoms with Gasteiger partial charge in [0.2, 0.25) is 0 Å².